The van der Waals surface area contributed by atoms with Crippen LogP contribution in [0.3, 0.4) is 0 Å². The van der Waals surface area contributed by atoms with Gasteiger partial charge in [0.15, 0.2) is 0 Å². The summed E-state index contributed by atoms with van der Waals surface area (Å²) in [5.41, 5.74) is 0. The SMILES string of the molecule is O=C1CCC(N2CCN(c3nccc(Oc4ccccc4)n3)CC2)CCN1. The van der Waals surface area contributed by atoms with Crippen molar-refractivity contribution in [3.63, 3.8) is 0 Å². The molecule has 142 valence electrons. The van der Waals surface area contributed by atoms with Crippen molar-refractivity contribution < 1.29 is 9.53 Å². The van der Waals surface area contributed by atoms with Crippen molar-refractivity contribution in [1.29, 1.82) is 0 Å². The molecule has 2 fully saturated rings. The topological polar surface area (TPSA) is 70.6 Å². The second-order valence-electron chi connectivity index (χ2n) is 6.96. The summed E-state index contributed by atoms with van der Waals surface area (Å²) < 4.78 is 5.82. The number of carbonyl (C=O) groups is 1. The normalized spacial score (nSPS) is 21.4. The molecule has 2 saturated heterocycles. The van der Waals surface area contributed by atoms with Gasteiger partial charge in [0.2, 0.25) is 17.7 Å². The predicted octanol–water partition coefficient (Wildman–Crippen LogP) is 2.06. The first-order valence-corrected chi connectivity index (χ1v) is 9.59. The van der Waals surface area contributed by atoms with Crippen LogP contribution in [0.4, 0.5) is 5.95 Å². The summed E-state index contributed by atoms with van der Waals surface area (Å²) in [6.45, 7) is 4.48. The minimum absolute atomic E-state index is 0.180. The molecule has 0 radical (unpaired) electrons. The average Bonchev–Trinajstić information content (AvgIpc) is 2.94. The second-order valence-corrected chi connectivity index (χ2v) is 6.96. The number of nitrogens with zero attached hydrogens (tertiary/aromatic N) is 4. The van der Waals surface area contributed by atoms with Gasteiger partial charge in [-0.25, -0.2) is 4.98 Å². The summed E-state index contributed by atoms with van der Waals surface area (Å²) in [5, 5.41) is 2.96. The van der Waals surface area contributed by atoms with E-state index in [1.165, 1.54) is 0 Å². The Hall–Kier alpha value is -2.67. The van der Waals surface area contributed by atoms with Gasteiger partial charge >= 0.3 is 0 Å². The van der Waals surface area contributed by atoms with Crippen molar-refractivity contribution >= 4 is 11.9 Å². The number of para-hydroxylation sites is 1. The molecule has 1 aromatic heterocycles. The quantitative estimate of drug-likeness (QED) is 0.892. The molecule has 4 rings (SSSR count). The summed E-state index contributed by atoms with van der Waals surface area (Å²) >= 11 is 0. The number of aromatic nitrogens is 2. The molecular weight excluding hydrogens is 342 g/mol. The fourth-order valence-electron chi connectivity index (χ4n) is 3.71. The molecule has 2 aliphatic heterocycles. The molecule has 2 aromatic rings. The monoisotopic (exact) mass is 367 g/mol. The van der Waals surface area contributed by atoms with E-state index in [9.17, 15) is 4.79 Å². The molecule has 1 N–H and O–H groups in total. The van der Waals surface area contributed by atoms with Crippen LogP contribution in [0, 0.1) is 0 Å². The number of benzene rings is 1. The van der Waals surface area contributed by atoms with Gasteiger partial charge in [0.25, 0.3) is 0 Å². The van der Waals surface area contributed by atoms with Crippen LogP contribution < -0.4 is 15.0 Å². The Balaban J connectivity index is 1.35. The Morgan fingerprint density at radius 1 is 1.04 bits per heavy atom. The van der Waals surface area contributed by atoms with Crippen LogP contribution in [0.2, 0.25) is 0 Å². The van der Waals surface area contributed by atoms with E-state index in [2.05, 4.69) is 25.1 Å². The van der Waals surface area contributed by atoms with Crippen molar-refractivity contribution in [2.75, 3.05) is 37.6 Å². The molecule has 2 aliphatic rings. The van der Waals surface area contributed by atoms with Crippen LogP contribution in [0.15, 0.2) is 42.6 Å². The first kappa shape index (κ1) is 17.7. The molecule has 1 aromatic carbocycles. The summed E-state index contributed by atoms with van der Waals surface area (Å²) in [4.78, 5) is 25.3. The van der Waals surface area contributed by atoms with E-state index in [1.807, 2.05) is 30.3 Å². The molecule has 0 bridgehead atoms. The highest BCUT2D eigenvalue weighted by molar-refractivity contribution is 5.76. The molecule has 0 saturated carbocycles. The Morgan fingerprint density at radius 2 is 1.85 bits per heavy atom. The number of anilines is 1. The maximum absolute atomic E-state index is 11.5. The summed E-state index contributed by atoms with van der Waals surface area (Å²) in [6, 6.07) is 11.9. The van der Waals surface area contributed by atoms with Gasteiger partial charge in [-0.3, -0.25) is 9.69 Å². The highest BCUT2D eigenvalue weighted by atomic mass is 16.5. The first-order chi connectivity index (χ1) is 13.3. The molecule has 3 heterocycles. The van der Waals surface area contributed by atoms with E-state index in [0.717, 1.165) is 51.3 Å². The maximum atomic E-state index is 11.5. The van der Waals surface area contributed by atoms with E-state index in [4.69, 9.17) is 4.74 Å². The minimum atomic E-state index is 0.180. The van der Waals surface area contributed by atoms with Gasteiger partial charge < -0.3 is 15.0 Å². The number of amides is 1. The molecule has 7 heteroatoms. The third-order valence-corrected chi connectivity index (χ3v) is 5.20. The lowest BCUT2D eigenvalue weighted by molar-refractivity contribution is -0.120. The van der Waals surface area contributed by atoms with Crippen LogP contribution >= 0.6 is 0 Å². The minimum Gasteiger partial charge on any atom is -0.439 e. The Morgan fingerprint density at radius 3 is 2.67 bits per heavy atom. The largest absolute Gasteiger partial charge is 0.439 e. The number of carbonyl (C=O) groups excluding carboxylic acids is 1. The first-order valence-electron chi connectivity index (χ1n) is 9.59. The van der Waals surface area contributed by atoms with Gasteiger partial charge in [0.1, 0.15) is 5.75 Å². The molecular formula is C20H25N5O2. The van der Waals surface area contributed by atoms with Crippen LogP contribution in [-0.4, -0.2) is 59.5 Å². The zero-order chi connectivity index (χ0) is 18.5. The molecule has 0 aliphatic carbocycles. The van der Waals surface area contributed by atoms with Gasteiger partial charge in [-0.1, -0.05) is 18.2 Å². The molecule has 1 atom stereocenters. The summed E-state index contributed by atoms with van der Waals surface area (Å²) in [6.07, 6.45) is 4.35. The molecule has 27 heavy (non-hydrogen) atoms. The summed E-state index contributed by atoms with van der Waals surface area (Å²) in [5.74, 6) is 2.21. The average molecular weight is 367 g/mol. The smallest absolute Gasteiger partial charge is 0.228 e. The van der Waals surface area contributed by atoms with Gasteiger partial charge in [-0.2, -0.15) is 4.98 Å². The fraction of sp³-hybridized carbons (Fsp3) is 0.450. The Labute approximate surface area is 159 Å². The fourth-order valence-corrected chi connectivity index (χ4v) is 3.71. The number of ether oxygens (including phenoxy) is 1. The van der Waals surface area contributed by atoms with Crippen molar-refractivity contribution in [3.05, 3.63) is 42.6 Å². The lowest BCUT2D eigenvalue weighted by atomic mass is 10.1. The van der Waals surface area contributed by atoms with Gasteiger partial charge in [0.05, 0.1) is 0 Å². The number of hydrogen-bond donors (Lipinski definition) is 1. The zero-order valence-electron chi connectivity index (χ0n) is 15.4. The standard InChI is InChI=1S/C20H25N5O2/c26-18-7-6-16(8-10-21-18)24-12-14-25(15-13-24)20-22-11-9-19(23-20)27-17-4-2-1-3-5-17/h1-5,9,11,16H,6-8,10,12-15H2,(H,21,26). The van der Waals surface area contributed by atoms with Crippen molar-refractivity contribution in [1.82, 2.24) is 20.2 Å². The molecule has 1 unspecified atom stereocenters. The van der Waals surface area contributed by atoms with Crippen LogP contribution in [0.5, 0.6) is 11.6 Å². The van der Waals surface area contributed by atoms with E-state index in [1.54, 1.807) is 12.3 Å². The highest BCUT2D eigenvalue weighted by Gasteiger charge is 2.26. The second kappa shape index (κ2) is 8.35. The lowest BCUT2D eigenvalue weighted by Crippen LogP contribution is -2.51. The van der Waals surface area contributed by atoms with Crippen molar-refractivity contribution in [3.8, 4) is 11.6 Å². The predicted molar refractivity (Wildman–Crippen MR) is 103 cm³/mol. The highest BCUT2D eigenvalue weighted by Crippen LogP contribution is 2.22. The Kier molecular flexibility index (Phi) is 5.48. The van der Waals surface area contributed by atoms with Crippen molar-refractivity contribution in [2.24, 2.45) is 0 Å². The summed E-state index contributed by atoms with van der Waals surface area (Å²) in [7, 11) is 0. The third-order valence-electron chi connectivity index (χ3n) is 5.20. The number of hydrogen-bond acceptors (Lipinski definition) is 6. The van der Waals surface area contributed by atoms with E-state index < -0.39 is 0 Å². The third kappa shape index (κ3) is 4.54. The van der Waals surface area contributed by atoms with Crippen LogP contribution in [-0.2, 0) is 4.79 Å². The number of rotatable bonds is 4. The molecule has 1 amide bonds. The Bertz CT molecular complexity index is 762. The van der Waals surface area contributed by atoms with Gasteiger partial charge in [-0.15, -0.1) is 0 Å². The molecule has 7 nitrogen and oxygen atoms in total. The molecule has 0 spiro atoms. The maximum Gasteiger partial charge on any atom is 0.228 e. The van der Waals surface area contributed by atoms with Gasteiger partial charge in [-0.05, 0) is 25.0 Å². The van der Waals surface area contributed by atoms with Gasteiger partial charge in [0, 0.05) is 57.4 Å². The number of piperazine rings is 1. The number of nitrogens with one attached hydrogen (secondary N) is 1. The van der Waals surface area contributed by atoms with Crippen LogP contribution in [0.1, 0.15) is 19.3 Å². The lowest BCUT2D eigenvalue weighted by Gasteiger charge is -2.39. The van der Waals surface area contributed by atoms with E-state index >= 15 is 0 Å². The van der Waals surface area contributed by atoms with Crippen molar-refractivity contribution in [2.45, 2.75) is 25.3 Å². The van der Waals surface area contributed by atoms with E-state index in [-0.39, 0.29) is 5.91 Å². The zero-order valence-corrected chi connectivity index (χ0v) is 15.4. The van der Waals surface area contributed by atoms with Crippen LogP contribution in [0.25, 0.3) is 0 Å². The van der Waals surface area contributed by atoms with E-state index in [0.29, 0.717) is 24.3 Å².